The summed E-state index contributed by atoms with van der Waals surface area (Å²) in [5.41, 5.74) is 0.826. The first-order valence-corrected chi connectivity index (χ1v) is 5.65. The average Bonchev–Trinajstić information content (AvgIpc) is 2.33. The molecule has 0 aromatic heterocycles. The van der Waals surface area contributed by atoms with E-state index in [0.717, 1.165) is 16.4 Å². The lowest BCUT2D eigenvalue weighted by Crippen LogP contribution is -2.45. The fourth-order valence-corrected chi connectivity index (χ4v) is 2.33. The Kier molecular flexibility index (Phi) is 2.21. The molecule has 0 aliphatic carbocycles. The van der Waals surface area contributed by atoms with Gasteiger partial charge in [0.05, 0.1) is 0 Å². The van der Waals surface area contributed by atoms with Crippen molar-refractivity contribution in [3.8, 4) is 5.75 Å². The van der Waals surface area contributed by atoms with Gasteiger partial charge < -0.3 is 4.74 Å². The van der Waals surface area contributed by atoms with E-state index >= 15 is 0 Å². The minimum atomic E-state index is -0.281. The third kappa shape index (κ3) is 1.61. The van der Waals surface area contributed by atoms with Crippen LogP contribution in [0.5, 0.6) is 5.75 Å². The average molecular weight is 219 g/mol. The van der Waals surface area contributed by atoms with Gasteiger partial charge in [-0.05, 0) is 12.1 Å². The van der Waals surface area contributed by atoms with Crippen molar-refractivity contribution in [3.05, 3.63) is 35.9 Å². The molecule has 0 saturated carbocycles. The van der Waals surface area contributed by atoms with Crippen LogP contribution < -0.4 is 4.74 Å². The van der Waals surface area contributed by atoms with Crippen LogP contribution in [-0.4, -0.2) is 23.8 Å². The highest BCUT2D eigenvalue weighted by molar-refractivity contribution is 5.60. The highest BCUT2D eigenvalue weighted by atomic mass is 19.2. The summed E-state index contributed by atoms with van der Waals surface area (Å²) < 4.78 is 19.0. The number of hydrogen-bond acceptors (Lipinski definition) is 2. The second kappa shape index (κ2) is 3.59. The Balaban J connectivity index is 1.87. The molecule has 2 aliphatic rings. The molecule has 1 spiro atoms. The van der Waals surface area contributed by atoms with Gasteiger partial charge in [0.1, 0.15) is 11.4 Å². The Labute approximate surface area is 94.3 Å². The molecule has 1 aromatic rings. The van der Waals surface area contributed by atoms with Crippen molar-refractivity contribution in [1.82, 2.24) is 5.12 Å². The molecule has 0 radical (unpaired) electrons. The molecular weight excluding hydrogens is 205 g/mol. The minimum absolute atomic E-state index is 0.281. The van der Waals surface area contributed by atoms with Gasteiger partial charge >= 0.3 is 0 Å². The molecule has 2 nitrogen and oxygen atoms in total. The number of halogens is 1. The molecule has 0 unspecified atom stereocenters. The molecule has 3 rings (SSSR count). The molecule has 1 saturated heterocycles. The first-order chi connectivity index (χ1) is 7.77. The zero-order chi connectivity index (χ0) is 11.0. The number of para-hydroxylation sites is 1. The van der Waals surface area contributed by atoms with Crippen LogP contribution >= 0.6 is 0 Å². The van der Waals surface area contributed by atoms with Gasteiger partial charge in [-0.3, -0.25) is 0 Å². The summed E-state index contributed by atoms with van der Waals surface area (Å²) in [4.78, 5) is 0. The van der Waals surface area contributed by atoms with E-state index in [1.807, 2.05) is 24.3 Å². The second-order valence-corrected chi connectivity index (χ2v) is 4.45. The van der Waals surface area contributed by atoms with Crippen molar-refractivity contribution in [2.24, 2.45) is 0 Å². The van der Waals surface area contributed by atoms with Crippen LogP contribution in [0.25, 0.3) is 6.08 Å². The Hall–Kier alpha value is -1.35. The number of fused-ring (bicyclic) bond motifs is 1. The summed E-state index contributed by atoms with van der Waals surface area (Å²) in [6.07, 6.45) is 5.61. The minimum Gasteiger partial charge on any atom is -0.482 e. The normalized spacial score (nSPS) is 22.8. The number of ether oxygens (including phenoxy) is 1. The molecule has 2 heterocycles. The largest absolute Gasteiger partial charge is 0.482 e. The van der Waals surface area contributed by atoms with E-state index in [4.69, 9.17) is 4.74 Å². The second-order valence-electron chi connectivity index (χ2n) is 4.45. The van der Waals surface area contributed by atoms with Crippen molar-refractivity contribution in [1.29, 1.82) is 0 Å². The van der Waals surface area contributed by atoms with Gasteiger partial charge in [-0.15, -0.1) is 9.60 Å². The Morgan fingerprint density at radius 2 is 1.94 bits per heavy atom. The van der Waals surface area contributed by atoms with E-state index in [2.05, 4.69) is 12.2 Å². The smallest absolute Gasteiger partial charge is 0.130 e. The summed E-state index contributed by atoms with van der Waals surface area (Å²) >= 11 is 0. The van der Waals surface area contributed by atoms with Crippen LogP contribution in [0.4, 0.5) is 4.48 Å². The number of rotatable bonds is 0. The number of nitrogens with zero attached hydrogens (tertiary/aromatic N) is 1. The van der Waals surface area contributed by atoms with Crippen LogP contribution in [0.3, 0.4) is 0 Å². The highest BCUT2D eigenvalue weighted by Gasteiger charge is 2.36. The third-order valence-corrected chi connectivity index (χ3v) is 3.35. The molecule has 3 heteroatoms. The van der Waals surface area contributed by atoms with Gasteiger partial charge in [-0.2, -0.15) is 0 Å². The molecule has 2 aliphatic heterocycles. The van der Waals surface area contributed by atoms with Crippen molar-refractivity contribution in [2.45, 2.75) is 18.4 Å². The van der Waals surface area contributed by atoms with Crippen molar-refractivity contribution in [3.63, 3.8) is 0 Å². The van der Waals surface area contributed by atoms with Crippen molar-refractivity contribution >= 4 is 6.08 Å². The molecule has 1 aromatic carbocycles. The SMILES string of the molecule is FN1CCC2(C=Cc3ccccc3O2)CC1. The topological polar surface area (TPSA) is 12.5 Å². The van der Waals surface area contributed by atoms with Crippen LogP contribution in [0.2, 0.25) is 0 Å². The van der Waals surface area contributed by atoms with Crippen molar-refractivity contribution in [2.75, 3.05) is 13.1 Å². The van der Waals surface area contributed by atoms with Crippen LogP contribution in [0, 0.1) is 0 Å². The van der Waals surface area contributed by atoms with Crippen molar-refractivity contribution < 1.29 is 9.22 Å². The maximum atomic E-state index is 13.0. The van der Waals surface area contributed by atoms with Gasteiger partial charge in [0.2, 0.25) is 0 Å². The molecule has 16 heavy (non-hydrogen) atoms. The molecule has 1 fully saturated rings. The molecule has 0 bridgehead atoms. The summed E-state index contributed by atoms with van der Waals surface area (Å²) in [5.74, 6) is 0.914. The van der Waals surface area contributed by atoms with Gasteiger partial charge in [-0.25, -0.2) is 0 Å². The lowest BCUT2D eigenvalue weighted by molar-refractivity contribution is -0.0517. The number of benzene rings is 1. The number of piperidine rings is 1. The van der Waals surface area contributed by atoms with E-state index in [1.54, 1.807) is 0 Å². The van der Waals surface area contributed by atoms with Crippen LogP contribution in [0.1, 0.15) is 18.4 Å². The maximum Gasteiger partial charge on any atom is 0.130 e. The summed E-state index contributed by atoms with van der Waals surface area (Å²) in [7, 11) is 0. The fraction of sp³-hybridized carbons (Fsp3) is 0.385. The summed E-state index contributed by atoms with van der Waals surface area (Å²) in [6, 6.07) is 7.97. The molecule has 84 valence electrons. The molecule has 0 amide bonds. The van der Waals surface area contributed by atoms with Crippen LogP contribution in [0.15, 0.2) is 30.3 Å². The summed E-state index contributed by atoms with van der Waals surface area (Å²) in [5, 5.41) is 0.864. The first-order valence-electron chi connectivity index (χ1n) is 5.65. The molecular formula is C13H14FNO. The zero-order valence-corrected chi connectivity index (χ0v) is 9.03. The lowest BCUT2D eigenvalue weighted by Gasteiger charge is -2.39. The standard InChI is InChI=1S/C13H14FNO/c14-15-9-7-13(8-10-15)6-5-11-3-1-2-4-12(11)16-13/h1-6H,7-10H2. The van der Waals surface area contributed by atoms with E-state index in [0.29, 0.717) is 25.9 Å². The highest BCUT2D eigenvalue weighted by Crippen LogP contribution is 2.36. The molecule has 0 atom stereocenters. The number of hydrogen-bond donors (Lipinski definition) is 0. The Morgan fingerprint density at radius 1 is 1.19 bits per heavy atom. The summed E-state index contributed by atoms with van der Waals surface area (Å²) in [6.45, 7) is 0.902. The predicted octanol–water partition coefficient (Wildman–Crippen LogP) is 2.81. The lowest BCUT2D eigenvalue weighted by atomic mass is 9.89. The van der Waals surface area contributed by atoms with Gasteiger partial charge in [0.15, 0.2) is 0 Å². The van der Waals surface area contributed by atoms with E-state index in [-0.39, 0.29) is 5.60 Å². The third-order valence-electron chi connectivity index (χ3n) is 3.35. The van der Waals surface area contributed by atoms with Gasteiger partial charge in [0, 0.05) is 31.5 Å². The van der Waals surface area contributed by atoms with Gasteiger partial charge in [-0.1, -0.05) is 24.3 Å². The monoisotopic (exact) mass is 219 g/mol. The van der Waals surface area contributed by atoms with E-state index < -0.39 is 0 Å². The quantitative estimate of drug-likeness (QED) is 0.622. The zero-order valence-electron chi connectivity index (χ0n) is 9.03. The fourth-order valence-electron chi connectivity index (χ4n) is 2.33. The Bertz CT molecular complexity index is 422. The van der Waals surface area contributed by atoms with E-state index in [1.165, 1.54) is 0 Å². The first kappa shape index (κ1) is 9.85. The maximum absolute atomic E-state index is 13.0. The van der Waals surface area contributed by atoms with Gasteiger partial charge in [0.25, 0.3) is 0 Å². The van der Waals surface area contributed by atoms with Crippen LogP contribution in [-0.2, 0) is 0 Å². The molecule has 0 N–H and O–H groups in total. The Morgan fingerprint density at radius 3 is 2.75 bits per heavy atom. The predicted molar refractivity (Wildman–Crippen MR) is 60.8 cm³/mol. The van der Waals surface area contributed by atoms with E-state index in [9.17, 15) is 4.48 Å².